The highest BCUT2D eigenvalue weighted by Gasteiger charge is 2.08. The molecule has 0 aromatic heterocycles. The van der Waals surface area contributed by atoms with E-state index in [1.54, 1.807) is 0 Å². The van der Waals surface area contributed by atoms with Crippen molar-refractivity contribution >= 4 is 0 Å². The largest absolute Gasteiger partial charge is 0.0614 e. The van der Waals surface area contributed by atoms with Crippen LogP contribution < -0.4 is 0 Å². The Morgan fingerprint density at radius 2 is 1.62 bits per heavy atom. The molecular weight excluding hydrogens is 192 g/mol. The normalized spacial score (nSPS) is 10.5. The SMILES string of the molecule is Cc1[c]ccc(C)c1-c1cccc(C)c1C. The summed E-state index contributed by atoms with van der Waals surface area (Å²) in [5.74, 6) is 0. The van der Waals surface area contributed by atoms with Crippen LogP contribution >= 0.6 is 0 Å². The average molecular weight is 209 g/mol. The van der Waals surface area contributed by atoms with Crippen LogP contribution in [-0.2, 0) is 0 Å². The topological polar surface area (TPSA) is 0 Å². The molecule has 0 amide bonds. The zero-order valence-electron chi connectivity index (χ0n) is 10.4. The maximum atomic E-state index is 3.29. The first-order valence-corrected chi connectivity index (χ1v) is 5.65. The van der Waals surface area contributed by atoms with Gasteiger partial charge < -0.3 is 0 Å². The summed E-state index contributed by atoms with van der Waals surface area (Å²) in [5.41, 5.74) is 7.95. The zero-order chi connectivity index (χ0) is 11.7. The third kappa shape index (κ3) is 1.76. The Hall–Kier alpha value is -1.56. The molecule has 0 aliphatic heterocycles. The van der Waals surface area contributed by atoms with E-state index in [1.165, 1.54) is 33.4 Å². The molecule has 0 bridgehead atoms. The lowest BCUT2D eigenvalue weighted by Gasteiger charge is -2.13. The van der Waals surface area contributed by atoms with Gasteiger partial charge in [0.05, 0.1) is 0 Å². The van der Waals surface area contributed by atoms with Crippen LogP contribution in [0.25, 0.3) is 11.1 Å². The summed E-state index contributed by atoms with van der Waals surface area (Å²) in [5, 5.41) is 0. The Bertz CT molecular complexity index is 501. The Labute approximate surface area is 97.9 Å². The van der Waals surface area contributed by atoms with Crippen molar-refractivity contribution in [3.8, 4) is 11.1 Å². The Kier molecular flexibility index (Phi) is 2.82. The van der Waals surface area contributed by atoms with Crippen LogP contribution in [0.5, 0.6) is 0 Å². The van der Waals surface area contributed by atoms with E-state index >= 15 is 0 Å². The van der Waals surface area contributed by atoms with Crippen LogP contribution in [0.15, 0.2) is 30.3 Å². The molecule has 0 spiro atoms. The highest BCUT2D eigenvalue weighted by Crippen LogP contribution is 2.30. The molecule has 0 atom stereocenters. The van der Waals surface area contributed by atoms with Crippen LogP contribution in [0.2, 0.25) is 0 Å². The lowest BCUT2D eigenvalue weighted by atomic mass is 9.91. The fraction of sp³-hybridized carbons (Fsp3) is 0.250. The Morgan fingerprint density at radius 3 is 2.31 bits per heavy atom. The van der Waals surface area contributed by atoms with Crippen LogP contribution in [-0.4, -0.2) is 0 Å². The van der Waals surface area contributed by atoms with E-state index < -0.39 is 0 Å². The van der Waals surface area contributed by atoms with Crippen molar-refractivity contribution in [1.82, 2.24) is 0 Å². The van der Waals surface area contributed by atoms with E-state index in [1.807, 2.05) is 6.07 Å². The molecule has 0 fully saturated rings. The van der Waals surface area contributed by atoms with Gasteiger partial charge in [-0.2, -0.15) is 0 Å². The molecule has 0 nitrogen and oxygen atoms in total. The molecule has 2 aromatic carbocycles. The van der Waals surface area contributed by atoms with Gasteiger partial charge in [-0.1, -0.05) is 30.3 Å². The molecule has 2 rings (SSSR count). The van der Waals surface area contributed by atoms with Crippen molar-refractivity contribution < 1.29 is 0 Å². The lowest BCUT2D eigenvalue weighted by molar-refractivity contribution is 1.30. The maximum absolute atomic E-state index is 3.29. The van der Waals surface area contributed by atoms with E-state index in [0.29, 0.717) is 0 Å². The lowest BCUT2D eigenvalue weighted by Crippen LogP contribution is -1.92. The number of rotatable bonds is 1. The second kappa shape index (κ2) is 4.13. The van der Waals surface area contributed by atoms with Gasteiger partial charge in [0.2, 0.25) is 0 Å². The first-order valence-electron chi connectivity index (χ1n) is 5.65. The van der Waals surface area contributed by atoms with E-state index in [-0.39, 0.29) is 0 Å². The number of hydrogen-bond acceptors (Lipinski definition) is 0. The van der Waals surface area contributed by atoms with E-state index in [2.05, 4.69) is 58.0 Å². The minimum Gasteiger partial charge on any atom is -0.0614 e. The summed E-state index contributed by atoms with van der Waals surface area (Å²) < 4.78 is 0. The van der Waals surface area contributed by atoms with Gasteiger partial charge in [0.1, 0.15) is 0 Å². The van der Waals surface area contributed by atoms with Gasteiger partial charge in [-0.15, -0.1) is 0 Å². The van der Waals surface area contributed by atoms with Crippen LogP contribution in [0.3, 0.4) is 0 Å². The van der Waals surface area contributed by atoms with Crippen molar-refractivity contribution in [3.63, 3.8) is 0 Å². The van der Waals surface area contributed by atoms with E-state index in [0.717, 1.165) is 0 Å². The van der Waals surface area contributed by atoms with Gasteiger partial charge in [-0.3, -0.25) is 0 Å². The summed E-state index contributed by atoms with van der Waals surface area (Å²) in [6.45, 7) is 8.65. The summed E-state index contributed by atoms with van der Waals surface area (Å²) in [6, 6.07) is 13.9. The smallest absolute Gasteiger partial charge is 0.0116 e. The molecule has 16 heavy (non-hydrogen) atoms. The van der Waals surface area contributed by atoms with Crippen molar-refractivity contribution in [2.45, 2.75) is 27.7 Å². The molecule has 0 saturated heterocycles. The standard InChI is InChI=1S/C16H17/c1-11-7-6-10-15(14(11)4)16-12(2)8-5-9-13(16)3/h5-8,10H,1-4H3. The third-order valence-electron chi connectivity index (χ3n) is 3.28. The molecule has 0 heterocycles. The number of aryl methyl sites for hydroxylation is 3. The molecule has 0 heteroatoms. The first-order chi connectivity index (χ1) is 7.61. The third-order valence-corrected chi connectivity index (χ3v) is 3.28. The zero-order valence-corrected chi connectivity index (χ0v) is 10.4. The molecule has 0 unspecified atom stereocenters. The molecule has 2 aromatic rings. The Morgan fingerprint density at radius 1 is 0.875 bits per heavy atom. The van der Waals surface area contributed by atoms with E-state index in [4.69, 9.17) is 0 Å². The van der Waals surface area contributed by atoms with E-state index in [9.17, 15) is 0 Å². The monoisotopic (exact) mass is 209 g/mol. The molecule has 81 valence electrons. The fourth-order valence-electron chi connectivity index (χ4n) is 2.18. The molecule has 0 aliphatic rings. The summed E-state index contributed by atoms with van der Waals surface area (Å²) in [4.78, 5) is 0. The quantitative estimate of drug-likeness (QED) is 0.653. The predicted octanol–water partition coefficient (Wildman–Crippen LogP) is 4.39. The Balaban J connectivity index is 2.73. The van der Waals surface area contributed by atoms with Gasteiger partial charge in [-0.25, -0.2) is 0 Å². The van der Waals surface area contributed by atoms with Gasteiger partial charge in [0.25, 0.3) is 0 Å². The molecule has 0 aliphatic carbocycles. The molecule has 1 radical (unpaired) electrons. The minimum atomic E-state index is 1.23. The summed E-state index contributed by atoms with van der Waals surface area (Å²) in [7, 11) is 0. The van der Waals surface area contributed by atoms with Crippen LogP contribution in [0.4, 0.5) is 0 Å². The van der Waals surface area contributed by atoms with Crippen molar-refractivity contribution in [2.75, 3.05) is 0 Å². The maximum Gasteiger partial charge on any atom is -0.0116 e. The fourth-order valence-corrected chi connectivity index (χ4v) is 2.18. The van der Waals surface area contributed by atoms with Crippen LogP contribution in [0, 0.1) is 33.8 Å². The van der Waals surface area contributed by atoms with Crippen molar-refractivity contribution in [3.05, 3.63) is 58.7 Å². The van der Waals surface area contributed by atoms with Crippen molar-refractivity contribution in [2.24, 2.45) is 0 Å². The van der Waals surface area contributed by atoms with Gasteiger partial charge in [0, 0.05) is 0 Å². The summed E-state index contributed by atoms with van der Waals surface area (Å²) >= 11 is 0. The van der Waals surface area contributed by atoms with Gasteiger partial charge in [-0.05, 0) is 67.1 Å². The summed E-state index contributed by atoms with van der Waals surface area (Å²) in [6.07, 6.45) is 0. The highest BCUT2D eigenvalue weighted by molar-refractivity contribution is 5.74. The number of hydrogen-bond donors (Lipinski definition) is 0. The first kappa shape index (κ1) is 10.9. The molecule has 0 saturated carbocycles. The van der Waals surface area contributed by atoms with Crippen LogP contribution in [0.1, 0.15) is 22.3 Å². The highest BCUT2D eigenvalue weighted by atomic mass is 14.1. The second-order valence-electron chi connectivity index (χ2n) is 4.41. The van der Waals surface area contributed by atoms with Gasteiger partial charge >= 0.3 is 0 Å². The minimum absolute atomic E-state index is 1.23. The second-order valence-corrected chi connectivity index (χ2v) is 4.41. The average Bonchev–Trinajstić information content (AvgIpc) is 2.24. The van der Waals surface area contributed by atoms with Gasteiger partial charge in [0.15, 0.2) is 0 Å². The molecular formula is C16H17. The number of benzene rings is 2. The molecule has 0 N–H and O–H groups in total. The van der Waals surface area contributed by atoms with Crippen molar-refractivity contribution in [1.29, 1.82) is 0 Å². The predicted molar refractivity (Wildman–Crippen MR) is 69.7 cm³/mol.